The standard InChI is InChI=1S/C38H52N6O6/c1-7-24(4)32-36(48)40-28-18-12-11-17-27(28)37(49)44-20-14-13-19-30(44)38(50)43(6)31(21-23(2)3)35(47)39-25(5)33(45)41-29(34(46)42-32)22-26-15-9-8-10-16-26/h8-12,15-18,23-25,29-32H,7,13-14,19-22H2,1-6H3,(H,39,47)(H,40,48)(H,41,45)(H,42,46)/t24-,25-,29+,30+,31+,32-/m1/s1. The van der Waals surface area contributed by atoms with Crippen molar-refractivity contribution >= 4 is 41.1 Å². The molecule has 6 amide bonds. The summed E-state index contributed by atoms with van der Waals surface area (Å²) in [5.41, 5.74) is 1.26. The number of piperidine rings is 1. The van der Waals surface area contributed by atoms with Crippen LogP contribution < -0.4 is 21.3 Å². The minimum atomic E-state index is -1.08. The topological polar surface area (TPSA) is 157 Å². The van der Waals surface area contributed by atoms with Crippen molar-refractivity contribution in [1.29, 1.82) is 0 Å². The number of nitrogens with zero attached hydrogens (tertiary/aromatic N) is 2. The minimum Gasteiger partial charge on any atom is -0.343 e. The number of benzene rings is 2. The third-order valence-electron chi connectivity index (χ3n) is 9.74. The molecule has 12 heteroatoms. The van der Waals surface area contributed by atoms with Crippen LogP contribution in [0.4, 0.5) is 5.69 Å². The van der Waals surface area contributed by atoms with Crippen molar-refractivity contribution in [2.24, 2.45) is 11.8 Å². The van der Waals surface area contributed by atoms with E-state index in [4.69, 9.17) is 0 Å². The van der Waals surface area contributed by atoms with E-state index in [1.807, 2.05) is 58.0 Å². The third kappa shape index (κ3) is 9.28. The van der Waals surface area contributed by atoms with Crippen molar-refractivity contribution in [1.82, 2.24) is 25.8 Å². The van der Waals surface area contributed by atoms with Crippen LogP contribution in [0.5, 0.6) is 0 Å². The molecular weight excluding hydrogens is 636 g/mol. The van der Waals surface area contributed by atoms with E-state index in [0.717, 1.165) is 12.0 Å². The molecule has 0 aliphatic carbocycles. The van der Waals surface area contributed by atoms with E-state index in [-0.39, 0.29) is 35.4 Å². The second-order valence-corrected chi connectivity index (χ2v) is 14.0. The molecule has 4 rings (SSSR count). The summed E-state index contributed by atoms with van der Waals surface area (Å²) in [4.78, 5) is 86.6. The number of carbonyl (C=O) groups excluding carboxylic acids is 6. The molecule has 50 heavy (non-hydrogen) atoms. The Labute approximate surface area is 295 Å². The van der Waals surface area contributed by atoms with Gasteiger partial charge in [-0.05, 0) is 62.1 Å². The smallest absolute Gasteiger partial charge is 0.256 e. The summed E-state index contributed by atoms with van der Waals surface area (Å²) in [6.45, 7) is 9.48. The van der Waals surface area contributed by atoms with Gasteiger partial charge in [0.15, 0.2) is 0 Å². The van der Waals surface area contributed by atoms with E-state index in [9.17, 15) is 28.8 Å². The number of nitrogens with one attached hydrogen (secondary N) is 4. The van der Waals surface area contributed by atoms with Gasteiger partial charge in [-0.15, -0.1) is 0 Å². The Hall–Kier alpha value is -4.74. The molecular formula is C38H52N6O6. The molecule has 2 aliphatic heterocycles. The molecule has 270 valence electrons. The maximum Gasteiger partial charge on any atom is 0.256 e. The maximum atomic E-state index is 14.2. The van der Waals surface area contributed by atoms with E-state index in [2.05, 4.69) is 21.3 Å². The van der Waals surface area contributed by atoms with Crippen molar-refractivity contribution in [2.75, 3.05) is 18.9 Å². The highest BCUT2D eigenvalue weighted by atomic mass is 16.2. The Kier molecular flexibility index (Phi) is 13.1. The van der Waals surface area contributed by atoms with Crippen molar-refractivity contribution in [3.8, 4) is 0 Å². The first-order chi connectivity index (χ1) is 23.8. The summed E-state index contributed by atoms with van der Waals surface area (Å²) >= 11 is 0. The van der Waals surface area contributed by atoms with Crippen LogP contribution in [0.15, 0.2) is 54.6 Å². The normalized spacial score (nSPS) is 25.2. The van der Waals surface area contributed by atoms with Gasteiger partial charge in [-0.3, -0.25) is 28.8 Å². The van der Waals surface area contributed by atoms with Crippen LogP contribution in [-0.2, 0) is 30.4 Å². The molecule has 6 atom stereocenters. The Morgan fingerprint density at radius 2 is 1.48 bits per heavy atom. The zero-order chi connectivity index (χ0) is 36.5. The molecule has 0 aromatic heterocycles. The number of fused-ring (bicyclic) bond motifs is 2. The van der Waals surface area contributed by atoms with Crippen LogP contribution >= 0.6 is 0 Å². The molecule has 12 nitrogen and oxygen atoms in total. The predicted molar refractivity (Wildman–Crippen MR) is 191 cm³/mol. The lowest BCUT2D eigenvalue weighted by Crippen LogP contribution is -2.59. The third-order valence-corrected chi connectivity index (χ3v) is 9.74. The molecule has 0 unspecified atom stereocenters. The number of carbonyl (C=O) groups is 6. The van der Waals surface area contributed by atoms with Gasteiger partial charge in [-0.1, -0.05) is 76.6 Å². The first-order valence-electron chi connectivity index (χ1n) is 17.7. The van der Waals surface area contributed by atoms with Crippen molar-refractivity contribution in [3.05, 3.63) is 65.7 Å². The van der Waals surface area contributed by atoms with E-state index >= 15 is 0 Å². The highest BCUT2D eigenvalue weighted by molar-refractivity contribution is 6.07. The number of rotatable bonds is 6. The number of likely N-dealkylation sites (N-methyl/N-ethyl adjacent to an activating group) is 1. The molecule has 2 aromatic carbocycles. The lowest BCUT2D eigenvalue weighted by atomic mass is 9.96. The van der Waals surface area contributed by atoms with Gasteiger partial charge in [0.25, 0.3) is 5.91 Å². The fourth-order valence-electron chi connectivity index (χ4n) is 6.54. The van der Waals surface area contributed by atoms with Crippen LogP contribution in [-0.4, -0.2) is 89.0 Å². The fourth-order valence-corrected chi connectivity index (χ4v) is 6.54. The molecule has 2 aromatic rings. The quantitative estimate of drug-likeness (QED) is 0.365. The molecule has 1 saturated heterocycles. The van der Waals surface area contributed by atoms with Crippen LogP contribution in [0.2, 0.25) is 0 Å². The SMILES string of the molecule is CC[C@@H](C)[C@H]1NC(=O)[C@H](Cc2ccccc2)NC(=O)[C@@H](C)NC(=O)[C@H](CC(C)C)N(C)C(=O)[C@@H]2CCCCN2C(=O)c2ccccc2NC1=O. The summed E-state index contributed by atoms with van der Waals surface area (Å²) in [7, 11) is 1.56. The zero-order valence-electron chi connectivity index (χ0n) is 30.0. The molecule has 2 aliphatic rings. The predicted octanol–water partition coefficient (Wildman–Crippen LogP) is 3.27. The summed E-state index contributed by atoms with van der Waals surface area (Å²) in [6.07, 6.45) is 2.86. The van der Waals surface area contributed by atoms with E-state index in [1.54, 1.807) is 31.3 Å². The lowest BCUT2D eigenvalue weighted by molar-refractivity contribution is -0.144. The van der Waals surface area contributed by atoms with Crippen molar-refractivity contribution in [3.63, 3.8) is 0 Å². The molecule has 0 spiro atoms. The van der Waals surface area contributed by atoms with Crippen LogP contribution in [0.1, 0.15) is 82.6 Å². The first-order valence-corrected chi connectivity index (χ1v) is 17.7. The minimum absolute atomic E-state index is 0.0312. The highest BCUT2D eigenvalue weighted by Crippen LogP contribution is 2.26. The Balaban J connectivity index is 1.79. The molecule has 1 fully saturated rings. The zero-order valence-corrected chi connectivity index (χ0v) is 30.0. The van der Waals surface area contributed by atoms with Gasteiger partial charge in [-0.25, -0.2) is 0 Å². The van der Waals surface area contributed by atoms with Crippen molar-refractivity contribution in [2.45, 2.75) is 103 Å². The molecule has 4 N–H and O–H groups in total. The van der Waals surface area contributed by atoms with E-state index in [1.165, 1.54) is 16.7 Å². The van der Waals surface area contributed by atoms with Crippen LogP contribution in [0.25, 0.3) is 0 Å². The summed E-state index contributed by atoms with van der Waals surface area (Å²) < 4.78 is 0. The van der Waals surface area contributed by atoms with Gasteiger partial charge in [0, 0.05) is 20.0 Å². The lowest BCUT2D eigenvalue weighted by Gasteiger charge is -2.39. The van der Waals surface area contributed by atoms with Gasteiger partial charge in [0.05, 0.1) is 11.3 Å². The van der Waals surface area contributed by atoms with Gasteiger partial charge in [-0.2, -0.15) is 0 Å². The Bertz CT molecular complexity index is 1550. The number of amides is 6. The average molecular weight is 689 g/mol. The summed E-state index contributed by atoms with van der Waals surface area (Å²) in [5, 5.41) is 11.3. The van der Waals surface area contributed by atoms with E-state index in [0.29, 0.717) is 32.2 Å². The Morgan fingerprint density at radius 1 is 0.800 bits per heavy atom. The summed E-state index contributed by atoms with van der Waals surface area (Å²) in [5.74, 6) is -3.24. The van der Waals surface area contributed by atoms with Gasteiger partial charge in [0.2, 0.25) is 29.5 Å². The van der Waals surface area contributed by atoms with Crippen LogP contribution in [0, 0.1) is 11.8 Å². The fraction of sp³-hybridized carbons (Fsp3) is 0.526. The average Bonchev–Trinajstić information content (AvgIpc) is 3.11. The monoisotopic (exact) mass is 688 g/mol. The molecule has 0 saturated carbocycles. The van der Waals surface area contributed by atoms with Gasteiger partial charge in [0.1, 0.15) is 30.2 Å². The van der Waals surface area contributed by atoms with Gasteiger partial charge < -0.3 is 31.1 Å². The number of anilines is 1. The molecule has 0 radical (unpaired) electrons. The molecule has 0 bridgehead atoms. The number of para-hydroxylation sites is 1. The Morgan fingerprint density at radius 3 is 2.16 bits per heavy atom. The molecule has 2 heterocycles. The van der Waals surface area contributed by atoms with Crippen LogP contribution in [0.3, 0.4) is 0 Å². The first kappa shape index (κ1) is 38.1. The number of hydrogen-bond donors (Lipinski definition) is 4. The largest absolute Gasteiger partial charge is 0.343 e. The second kappa shape index (κ2) is 17.3. The van der Waals surface area contributed by atoms with E-state index < -0.39 is 59.7 Å². The van der Waals surface area contributed by atoms with Crippen molar-refractivity contribution < 1.29 is 28.8 Å². The second-order valence-electron chi connectivity index (χ2n) is 14.0. The summed E-state index contributed by atoms with van der Waals surface area (Å²) in [6, 6.07) is 10.9. The highest BCUT2D eigenvalue weighted by Gasteiger charge is 2.40. The maximum absolute atomic E-state index is 14.2. The van der Waals surface area contributed by atoms with Gasteiger partial charge >= 0.3 is 0 Å². The number of hydrogen-bond acceptors (Lipinski definition) is 6.